The molecular weight excluding hydrogens is 240 g/mol. The Bertz CT molecular complexity index is 577. The summed E-state index contributed by atoms with van der Waals surface area (Å²) in [4.78, 5) is 0. The summed E-state index contributed by atoms with van der Waals surface area (Å²) >= 11 is 0. The minimum Gasteiger partial charge on any atom is -0.493 e. The van der Waals surface area contributed by atoms with Gasteiger partial charge in [0.05, 0.1) is 12.7 Å². The summed E-state index contributed by atoms with van der Waals surface area (Å²) in [6.45, 7) is 0.640. The predicted molar refractivity (Wildman–Crippen MR) is 72.1 cm³/mol. The van der Waals surface area contributed by atoms with Crippen molar-refractivity contribution in [3.05, 3.63) is 47.3 Å². The summed E-state index contributed by atoms with van der Waals surface area (Å²) in [6, 6.07) is 7.97. The number of fused-ring (bicyclic) bond motifs is 1. The van der Waals surface area contributed by atoms with Gasteiger partial charge in [-0.15, -0.1) is 0 Å². The van der Waals surface area contributed by atoms with E-state index in [0.29, 0.717) is 6.61 Å². The van der Waals surface area contributed by atoms with Crippen molar-refractivity contribution in [1.82, 2.24) is 9.78 Å². The summed E-state index contributed by atoms with van der Waals surface area (Å²) in [6.07, 6.45) is 4.12. The van der Waals surface area contributed by atoms with E-state index >= 15 is 0 Å². The van der Waals surface area contributed by atoms with Crippen LogP contribution >= 0.6 is 0 Å². The minimum absolute atomic E-state index is 0.293. The second-order valence-corrected chi connectivity index (χ2v) is 4.96. The Morgan fingerprint density at radius 1 is 1.42 bits per heavy atom. The molecule has 19 heavy (non-hydrogen) atoms. The summed E-state index contributed by atoms with van der Waals surface area (Å²) in [7, 11) is 1.94. The average Bonchev–Trinajstić information content (AvgIpc) is 2.97. The number of hydrogen-bond donors (Lipinski definition) is 1. The fourth-order valence-electron chi connectivity index (χ4n) is 2.58. The highest BCUT2D eigenvalue weighted by molar-refractivity contribution is 5.39. The van der Waals surface area contributed by atoms with Crippen LogP contribution in [0.4, 0.5) is 0 Å². The molecule has 0 spiro atoms. The zero-order valence-electron chi connectivity index (χ0n) is 11.0. The van der Waals surface area contributed by atoms with Gasteiger partial charge in [-0.05, 0) is 42.2 Å². The molecule has 3 rings (SSSR count). The number of ether oxygens (including phenoxy) is 1. The van der Waals surface area contributed by atoms with E-state index in [1.54, 1.807) is 6.20 Å². The van der Waals surface area contributed by atoms with Gasteiger partial charge in [-0.25, -0.2) is 0 Å². The maximum Gasteiger partial charge on any atom is 0.119 e. The Kier molecular flexibility index (Phi) is 3.25. The lowest BCUT2D eigenvalue weighted by Gasteiger charge is -2.09. The predicted octanol–water partition coefficient (Wildman–Crippen LogP) is 2.02. The zero-order chi connectivity index (χ0) is 13.2. The molecular formula is C15H18N2O2. The Hall–Kier alpha value is -1.81. The molecule has 2 aromatic rings. The molecule has 1 atom stereocenters. The summed E-state index contributed by atoms with van der Waals surface area (Å²) in [5.41, 5.74) is 3.43. The first-order chi connectivity index (χ1) is 9.24. The van der Waals surface area contributed by atoms with Crippen molar-refractivity contribution in [2.75, 3.05) is 6.61 Å². The third-order valence-electron chi connectivity index (χ3n) is 3.71. The number of rotatable bonds is 4. The van der Waals surface area contributed by atoms with Crippen LogP contribution in [0.2, 0.25) is 0 Å². The Balaban J connectivity index is 1.60. The monoisotopic (exact) mass is 258 g/mol. The topological polar surface area (TPSA) is 47.3 Å². The molecule has 0 saturated carbocycles. The molecule has 4 nitrogen and oxygen atoms in total. The van der Waals surface area contributed by atoms with Gasteiger partial charge in [0.15, 0.2) is 0 Å². The molecule has 0 saturated heterocycles. The third kappa shape index (κ3) is 2.49. The van der Waals surface area contributed by atoms with Crippen LogP contribution in [0.3, 0.4) is 0 Å². The van der Waals surface area contributed by atoms with Gasteiger partial charge >= 0.3 is 0 Å². The molecule has 0 aliphatic heterocycles. The molecule has 0 bridgehead atoms. The first kappa shape index (κ1) is 12.2. The van der Waals surface area contributed by atoms with Crippen molar-refractivity contribution >= 4 is 0 Å². The maximum absolute atomic E-state index is 9.75. The van der Waals surface area contributed by atoms with Crippen LogP contribution in [-0.2, 0) is 19.9 Å². The smallest absolute Gasteiger partial charge is 0.119 e. The molecule has 0 fully saturated rings. The van der Waals surface area contributed by atoms with Gasteiger partial charge in [0, 0.05) is 25.4 Å². The van der Waals surface area contributed by atoms with Gasteiger partial charge in [-0.3, -0.25) is 4.68 Å². The standard InChI is InChI=1S/C15H18N2O2/c1-17-12(6-8-16-17)7-9-19-13-3-4-14-11(10-13)2-5-15(14)18/h3-4,6,8,10,15,18H,2,5,7,9H2,1H3/t15-/m1/s1. The lowest BCUT2D eigenvalue weighted by molar-refractivity contribution is 0.180. The molecule has 0 unspecified atom stereocenters. The van der Waals surface area contributed by atoms with Crippen molar-refractivity contribution in [3.8, 4) is 5.75 Å². The maximum atomic E-state index is 9.75. The van der Waals surface area contributed by atoms with E-state index in [-0.39, 0.29) is 6.10 Å². The van der Waals surface area contributed by atoms with Crippen LogP contribution in [-0.4, -0.2) is 21.5 Å². The van der Waals surface area contributed by atoms with Crippen LogP contribution in [0.5, 0.6) is 5.75 Å². The third-order valence-corrected chi connectivity index (χ3v) is 3.71. The lowest BCUT2D eigenvalue weighted by Crippen LogP contribution is -2.06. The highest BCUT2D eigenvalue weighted by atomic mass is 16.5. The number of aromatic nitrogens is 2. The van der Waals surface area contributed by atoms with E-state index < -0.39 is 0 Å². The number of aliphatic hydroxyl groups is 1. The number of benzene rings is 1. The van der Waals surface area contributed by atoms with E-state index in [0.717, 1.165) is 36.3 Å². The normalized spacial score (nSPS) is 17.5. The van der Waals surface area contributed by atoms with Crippen molar-refractivity contribution in [3.63, 3.8) is 0 Å². The van der Waals surface area contributed by atoms with E-state index in [1.165, 1.54) is 5.56 Å². The highest BCUT2D eigenvalue weighted by Gasteiger charge is 2.20. The molecule has 1 aliphatic rings. The first-order valence-corrected chi connectivity index (χ1v) is 6.64. The van der Waals surface area contributed by atoms with Crippen LogP contribution in [0, 0.1) is 0 Å². The summed E-state index contributed by atoms with van der Waals surface area (Å²) in [5, 5.41) is 13.9. The fraction of sp³-hybridized carbons (Fsp3) is 0.400. The van der Waals surface area contributed by atoms with Crippen LogP contribution in [0.15, 0.2) is 30.5 Å². The molecule has 1 N–H and O–H groups in total. The van der Waals surface area contributed by atoms with Gasteiger partial charge in [0.1, 0.15) is 5.75 Å². The second kappa shape index (κ2) is 5.05. The molecule has 1 aromatic heterocycles. The highest BCUT2D eigenvalue weighted by Crippen LogP contribution is 2.33. The van der Waals surface area contributed by atoms with Gasteiger partial charge in [0.25, 0.3) is 0 Å². The van der Waals surface area contributed by atoms with Crippen LogP contribution in [0.25, 0.3) is 0 Å². The molecule has 1 heterocycles. The van der Waals surface area contributed by atoms with Crippen molar-refractivity contribution in [2.45, 2.75) is 25.4 Å². The fourth-order valence-corrected chi connectivity index (χ4v) is 2.58. The van der Waals surface area contributed by atoms with E-state index in [1.807, 2.05) is 29.9 Å². The van der Waals surface area contributed by atoms with Gasteiger partial charge < -0.3 is 9.84 Å². The first-order valence-electron chi connectivity index (χ1n) is 6.64. The summed E-state index contributed by atoms with van der Waals surface area (Å²) < 4.78 is 7.64. The van der Waals surface area contributed by atoms with Crippen molar-refractivity contribution in [2.24, 2.45) is 7.05 Å². The zero-order valence-corrected chi connectivity index (χ0v) is 11.0. The quantitative estimate of drug-likeness (QED) is 0.912. The Morgan fingerprint density at radius 3 is 3.11 bits per heavy atom. The van der Waals surface area contributed by atoms with E-state index in [4.69, 9.17) is 4.74 Å². The molecule has 0 amide bonds. The number of hydrogen-bond acceptors (Lipinski definition) is 3. The number of nitrogens with zero attached hydrogens (tertiary/aromatic N) is 2. The summed E-state index contributed by atoms with van der Waals surface area (Å²) in [5.74, 6) is 0.884. The van der Waals surface area contributed by atoms with Gasteiger partial charge in [-0.2, -0.15) is 5.10 Å². The Labute approximate surface area is 112 Å². The van der Waals surface area contributed by atoms with Crippen LogP contribution in [0.1, 0.15) is 29.3 Å². The van der Waals surface area contributed by atoms with E-state index in [9.17, 15) is 5.11 Å². The van der Waals surface area contributed by atoms with Gasteiger partial charge in [0.2, 0.25) is 0 Å². The molecule has 4 heteroatoms. The molecule has 100 valence electrons. The SMILES string of the molecule is Cn1nccc1CCOc1ccc2c(c1)CC[C@H]2O. The molecule has 1 aromatic carbocycles. The number of aryl methyl sites for hydroxylation is 2. The lowest BCUT2D eigenvalue weighted by atomic mass is 10.1. The van der Waals surface area contributed by atoms with Crippen molar-refractivity contribution in [1.29, 1.82) is 0 Å². The van der Waals surface area contributed by atoms with E-state index in [2.05, 4.69) is 11.2 Å². The molecule has 0 radical (unpaired) electrons. The van der Waals surface area contributed by atoms with Crippen molar-refractivity contribution < 1.29 is 9.84 Å². The second-order valence-electron chi connectivity index (χ2n) is 4.96. The largest absolute Gasteiger partial charge is 0.493 e. The Morgan fingerprint density at radius 2 is 2.32 bits per heavy atom. The van der Waals surface area contributed by atoms with Crippen LogP contribution < -0.4 is 4.74 Å². The minimum atomic E-state index is -0.293. The number of aliphatic hydroxyl groups excluding tert-OH is 1. The molecule has 1 aliphatic carbocycles. The average molecular weight is 258 g/mol. The van der Waals surface area contributed by atoms with Gasteiger partial charge in [-0.1, -0.05) is 6.07 Å².